The summed E-state index contributed by atoms with van der Waals surface area (Å²) in [5.74, 6) is -1.44. The van der Waals surface area contributed by atoms with Gasteiger partial charge >= 0.3 is 11.9 Å². The lowest BCUT2D eigenvalue weighted by Gasteiger charge is -2.70. The van der Waals surface area contributed by atoms with Gasteiger partial charge in [0, 0.05) is 49.7 Å². The second-order valence-electron chi connectivity index (χ2n) is 14.7. The second-order valence-corrected chi connectivity index (χ2v) is 15.6. The minimum absolute atomic E-state index is 0.0179. The first kappa shape index (κ1) is 36.0. The van der Waals surface area contributed by atoms with E-state index in [4.69, 9.17) is 9.47 Å². The summed E-state index contributed by atoms with van der Waals surface area (Å²) in [6, 6.07) is -0.451. The molecule has 4 aliphatic rings. The fourth-order valence-corrected chi connectivity index (χ4v) is 8.74. The number of carbonyl (C=O) groups is 5. The summed E-state index contributed by atoms with van der Waals surface area (Å²) in [5.41, 5.74) is -0.130. The average Bonchev–Trinajstić information content (AvgIpc) is 3.45. The molecule has 0 aromatic carbocycles. The summed E-state index contributed by atoms with van der Waals surface area (Å²) >= 11 is 1.25. The van der Waals surface area contributed by atoms with Crippen molar-refractivity contribution in [2.75, 3.05) is 27.7 Å². The van der Waals surface area contributed by atoms with Crippen molar-refractivity contribution in [1.82, 2.24) is 20.1 Å². The van der Waals surface area contributed by atoms with Crippen LogP contribution in [0.25, 0.3) is 0 Å². The molecule has 2 heterocycles. The Kier molecular flexibility index (Phi) is 11.3. The molecule has 11 nitrogen and oxygen atoms in total. The number of methoxy groups -OCH3 is 1. The fourth-order valence-electron chi connectivity index (χ4n) is 7.91. The number of hydrogen-bond acceptors (Lipinski definition) is 10. The van der Waals surface area contributed by atoms with Crippen LogP contribution in [0.3, 0.4) is 0 Å². The Balaban J connectivity index is 1.43. The summed E-state index contributed by atoms with van der Waals surface area (Å²) in [5, 5.41) is 5.26. The van der Waals surface area contributed by atoms with Crippen LogP contribution >= 0.6 is 11.3 Å². The number of thiazole rings is 1. The molecule has 5 rings (SSSR count). The minimum atomic E-state index is -0.750. The van der Waals surface area contributed by atoms with Gasteiger partial charge in [0.25, 0.3) is 5.91 Å². The third-order valence-corrected chi connectivity index (χ3v) is 11.3. The van der Waals surface area contributed by atoms with Crippen molar-refractivity contribution in [2.24, 2.45) is 23.2 Å². The molecule has 1 aromatic rings. The number of aromatic nitrogens is 1. The highest BCUT2D eigenvalue weighted by atomic mass is 32.1. The van der Waals surface area contributed by atoms with Gasteiger partial charge in [-0.15, -0.1) is 11.3 Å². The van der Waals surface area contributed by atoms with Crippen LogP contribution in [0.5, 0.6) is 0 Å². The van der Waals surface area contributed by atoms with E-state index in [2.05, 4.69) is 15.2 Å². The van der Waals surface area contributed by atoms with Crippen LogP contribution in [0.1, 0.15) is 114 Å². The largest absolute Gasteiger partial charge is 0.469 e. The number of piperidine rings is 1. The molecule has 1 saturated heterocycles. The van der Waals surface area contributed by atoms with Crippen molar-refractivity contribution in [1.29, 1.82) is 0 Å². The zero-order chi connectivity index (χ0) is 34.0. The van der Waals surface area contributed by atoms with Gasteiger partial charge in [-0.1, -0.05) is 34.1 Å². The Labute approximate surface area is 277 Å². The first-order chi connectivity index (χ1) is 21.6. The van der Waals surface area contributed by atoms with Crippen LogP contribution in [0.2, 0.25) is 0 Å². The van der Waals surface area contributed by atoms with Gasteiger partial charge in [-0.05, 0) is 62.9 Å². The first-order valence-electron chi connectivity index (χ1n) is 16.6. The van der Waals surface area contributed by atoms with Gasteiger partial charge in [0.05, 0.1) is 19.6 Å². The van der Waals surface area contributed by atoms with Crippen LogP contribution in [-0.4, -0.2) is 89.7 Å². The zero-order valence-corrected chi connectivity index (χ0v) is 29.5. The Morgan fingerprint density at radius 1 is 1.11 bits per heavy atom. The quantitative estimate of drug-likeness (QED) is 0.269. The fraction of sp³-hybridized carbons (Fsp3) is 0.765. The molecule has 0 unspecified atom stereocenters. The molecule has 1 aliphatic heterocycles. The van der Waals surface area contributed by atoms with Gasteiger partial charge in [0.2, 0.25) is 5.91 Å². The molecule has 0 spiro atoms. The summed E-state index contributed by atoms with van der Waals surface area (Å²) in [7, 11) is 5.13. The molecule has 1 N–H and O–H groups in total. The van der Waals surface area contributed by atoms with Crippen molar-refractivity contribution in [2.45, 2.75) is 116 Å². The molecule has 46 heavy (non-hydrogen) atoms. The summed E-state index contributed by atoms with van der Waals surface area (Å²) in [6.07, 6.45) is 5.27. The van der Waals surface area contributed by atoms with Crippen LogP contribution in [0, 0.1) is 23.2 Å². The molecule has 4 fully saturated rings. The van der Waals surface area contributed by atoms with E-state index in [-0.39, 0.29) is 70.6 Å². The lowest BCUT2D eigenvalue weighted by molar-refractivity contribution is -0.175. The number of esters is 2. The molecular weight excluding hydrogens is 608 g/mol. The Morgan fingerprint density at radius 2 is 1.78 bits per heavy atom. The SMILES string of the molecule is COC(=O)CC12CC(NC(=O)c3csc([C@@H](C[C@H](C(C)C)N(C)C(=O)[C@@H](CC(=O)[C@H]4CCCCN4C)C(C)C)OC(C)=O)n3)(C1)C2. The number of nitrogens with zero attached hydrogens (tertiary/aromatic N) is 3. The first-order valence-corrected chi connectivity index (χ1v) is 17.5. The number of nitrogens with one attached hydrogen (secondary N) is 1. The third-order valence-electron chi connectivity index (χ3n) is 10.4. The predicted octanol–water partition coefficient (Wildman–Crippen LogP) is 4.55. The third kappa shape index (κ3) is 7.98. The summed E-state index contributed by atoms with van der Waals surface area (Å²) in [6.45, 7) is 10.2. The smallest absolute Gasteiger partial charge is 0.306 e. The maximum absolute atomic E-state index is 14.0. The molecule has 2 amide bonds. The standard InChI is InChI=1S/C34H52N4O7S/c1-20(2)23(13-27(40)25-11-9-10-12-37(25)6)32(43)38(7)26(21(3)4)14-28(45-22(5)39)31-35-24(16-46-31)30(42)36-34-17-33(18-34,19-34)15-29(41)44-8/h16,20-21,23,25-26,28H,9-15,17-19H2,1-8H3,(H,36,42)/t23-,25+,26+,28+,33?,34?/m0/s1. The molecule has 0 radical (unpaired) electrons. The normalized spacial score (nSPS) is 25.9. The Morgan fingerprint density at radius 3 is 2.35 bits per heavy atom. The highest BCUT2D eigenvalue weighted by Gasteiger charge is 2.69. The number of carbonyl (C=O) groups excluding carboxylic acids is 5. The summed E-state index contributed by atoms with van der Waals surface area (Å²) < 4.78 is 10.5. The number of ether oxygens (including phenoxy) is 2. The van der Waals surface area contributed by atoms with Gasteiger partial charge in [0.15, 0.2) is 11.9 Å². The monoisotopic (exact) mass is 660 g/mol. The maximum atomic E-state index is 14.0. The lowest BCUT2D eigenvalue weighted by atomic mass is 9.38. The lowest BCUT2D eigenvalue weighted by Crippen LogP contribution is -2.75. The molecule has 2 bridgehead atoms. The topological polar surface area (TPSA) is 135 Å². The number of hydrogen-bond donors (Lipinski definition) is 1. The average molecular weight is 661 g/mol. The zero-order valence-electron chi connectivity index (χ0n) is 28.7. The summed E-state index contributed by atoms with van der Waals surface area (Å²) in [4.78, 5) is 72.8. The van der Waals surface area contributed by atoms with Crippen LogP contribution in [-0.2, 0) is 28.7 Å². The van der Waals surface area contributed by atoms with E-state index in [9.17, 15) is 24.0 Å². The predicted molar refractivity (Wildman–Crippen MR) is 174 cm³/mol. The number of amides is 2. The van der Waals surface area contributed by atoms with E-state index in [0.29, 0.717) is 17.8 Å². The Bertz CT molecular complexity index is 1290. The van der Waals surface area contributed by atoms with Gasteiger partial charge in [-0.3, -0.25) is 28.9 Å². The molecule has 3 saturated carbocycles. The van der Waals surface area contributed by atoms with Crippen molar-refractivity contribution < 1.29 is 33.4 Å². The minimum Gasteiger partial charge on any atom is -0.469 e. The van der Waals surface area contributed by atoms with E-state index >= 15 is 0 Å². The second kappa shape index (κ2) is 14.5. The molecule has 4 atom stereocenters. The van der Waals surface area contributed by atoms with E-state index in [1.54, 1.807) is 17.3 Å². The molecule has 12 heteroatoms. The molecule has 3 aliphatic carbocycles. The number of likely N-dealkylation sites (N-methyl/N-ethyl adjacent to an activating group) is 1. The highest BCUT2D eigenvalue weighted by molar-refractivity contribution is 7.09. The Hall–Kier alpha value is -2.86. The number of rotatable bonds is 15. The maximum Gasteiger partial charge on any atom is 0.306 e. The molecule has 256 valence electrons. The molecular formula is C34H52N4O7S. The highest BCUT2D eigenvalue weighted by Crippen LogP contribution is 2.69. The van der Waals surface area contributed by atoms with Crippen molar-refractivity contribution in [3.05, 3.63) is 16.1 Å². The number of ketones is 1. The number of Topliss-reactive ketones (excluding diaryl/α,β-unsaturated/α-hetero) is 1. The number of likely N-dealkylation sites (tertiary alicyclic amines) is 1. The van der Waals surface area contributed by atoms with Gasteiger partial charge < -0.3 is 19.7 Å². The van der Waals surface area contributed by atoms with E-state index in [1.807, 2.05) is 34.7 Å². The van der Waals surface area contributed by atoms with Gasteiger partial charge in [-0.2, -0.15) is 0 Å². The van der Waals surface area contributed by atoms with E-state index < -0.39 is 18.0 Å². The van der Waals surface area contributed by atoms with Gasteiger partial charge in [-0.25, -0.2) is 4.98 Å². The van der Waals surface area contributed by atoms with Crippen LogP contribution < -0.4 is 5.32 Å². The van der Waals surface area contributed by atoms with E-state index in [0.717, 1.165) is 45.1 Å². The van der Waals surface area contributed by atoms with Crippen molar-refractivity contribution in [3.8, 4) is 0 Å². The van der Waals surface area contributed by atoms with Crippen LogP contribution in [0.15, 0.2) is 5.38 Å². The van der Waals surface area contributed by atoms with Crippen LogP contribution in [0.4, 0.5) is 0 Å². The van der Waals surface area contributed by atoms with E-state index in [1.165, 1.54) is 25.4 Å². The van der Waals surface area contributed by atoms with Crippen molar-refractivity contribution in [3.63, 3.8) is 0 Å². The van der Waals surface area contributed by atoms with Gasteiger partial charge in [0.1, 0.15) is 10.7 Å². The molecule has 1 aromatic heterocycles. The van der Waals surface area contributed by atoms with Crippen molar-refractivity contribution >= 4 is 40.9 Å².